The van der Waals surface area contributed by atoms with Gasteiger partial charge in [0.25, 0.3) is 0 Å². The second-order valence-corrected chi connectivity index (χ2v) is 2.74. The van der Waals surface area contributed by atoms with Gasteiger partial charge in [0.1, 0.15) is 5.82 Å². The molecule has 0 aliphatic rings. The maximum absolute atomic E-state index is 5.75. The molecule has 1 aromatic rings. The van der Waals surface area contributed by atoms with Crippen LogP contribution in [0, 0.1) is 0 Å². The van der Waals surface area contributed by atoms with Crippen LogP contribution >= 0.6 is 0 Å². The Morgan fingerprint density at radius 1 is 1.73 bits per heavy atom. The molecule has 1 rings (SSSR count). The molecule has 0 aliphatic carbocycles. The number of nitrogens with two attached hydrogens (primary N) is 1. The maximum atomic E-state index is 5.75. The summed E-state index contributed by atoms with van der Waals surface area (Å²) >= 11 is 0. The van der Waals surface area contributed by atoms with Gasteiger partial charge in [-0.3, -0.25) is 0 Å². The van der Waals surface area contributed by atoms with Gasteiger partial charge in [-0.15, -0.1) is 0 Å². The molecule has 1 aromatic heterocycles. The summed E-state index contributed by atoms with van der Waals surface area (Å²) < 4.78 is 0. The van der Waals surface area contributed by atoms with E-state index in [0.717, 1.165) is 25.1 Å². The molecule has 0 saturated carbocycles. The lowest BCUT2D eigenvalue weighted by Crippen LogP contribution is -2.19. The van der Waals surface area contributed by atoms with E-state index in [9.17, 15) is 0 Å². The molecule has 1 heterocycles. The number of hydrogen-bond donors (Lipinski definition) is 2. The molecule has 0 saturated heterocycles. The summed E-state index contributed by atoms with van der Waals surface area (Å²) in [5.41, 5.74) is 5.75. The normalized spacial score (nSPS) is 13.3. The number of aryl methyl sites for hydroxylation is 1. The highest BCUT2D eigenvalue weighted by atomic mass is 14.9. The van der Waals surface area contributed by atoms with E-state index in [1.165, 1.54) is 0 Å². The number of aromatic amines is 1. The summed E-state index contributed by atoms with van der Waals surface area (Å²) in [4.78, 5) is 7.16. The molecule has 0 fully saturated rings. The van der Waals surface area contributed by atoms with Crippen LogP contribution in [0.4, 0.5) is 0 Å². The quantitative estimate of drug-likeness (QED) is 0.680. The van der Waals surface area contributed by atoms with E-state index in [0.29, 0.717) is 6.04 Å². The number of nitrogens with zero attached hydrogens (tertiary/aromatic N) is 1. The molecule has 0 bridgehead atoms. The monoisotopic (exact) mass is 153 g/mol. The second-order valence-electron chi connectivity index (χ2n) is 2.74. The summed E-state index contributed by atoms with van der Waals surface area (Å²) in [6, 6.07) is 0.320. The van der Waals surface area contributed by atoms with Crippen LogP contribution in [0.15, 0.2) is 12.4 Å². The van der Waals surface area contributed by atoms with Gasteiger partial charge in [-0.1, -0.05) is 6.92 Å². The average Bonchev–Trinajstić information content (AvgIpc) is 2.52. The van der Waals surface area contributed by atoms with Gasteiger partial charge in [-0.2, -0.15) is 0 Å². The number of aromatic nitrogens is 2. The van der Waals surface area contributed by atoms with Crippen LogP contribution in [0.3, 0.4) is 0 Å². The molecule has 0 amide bonds. The number of H-pyrrole nitrogens is 1. The van der Waals surface area contributed by atoms with Crippen molar-refractivity contribution in [3.8, 4) is 0 Å². The van der Waals surface area contributed by atoms with Crippen LogP contribution in [0.2, 0.25) is 0 Å². The maximum Gasteiger partial charge on any atom is 0.106 e. The van der Waals surface area contributed by atoms with Gasteiger partial charge in [-0.25, -0.2) is 4.98 Å². The molecular weight excluding hydrogens is 138 g/mol. The van der Waals surface area contributed by atoms with Crippen molar-refractivity contribution >= 4 is 0 Å². The molecule has 0 spiro atoms. The predicted octanol–water partition coefficient (Wildman–Crippen LogP) is 1.08. The highest BCUT2D eigenvalue weighted by Crippen LogP contribution is 1.99. The molecule has 3 N–H and O–H groups in total. The van der Waals surface area contributed by atoms with Gasteiger partial charge in [0.05, 0.1) is 0 Å². The largest absolute Gasteiger partial charge is 0.349 e. The Bertz CT molecular complexity index is 181. The van der Waals surface area contributed by atoms with E-state index in [2.05, 4.69) is 16.9 Å². The molecule has 0 radical (unpaired) electrons. The summed E-state index contributed by atoms with van der Waals surface area (Å²) in [7, 11) is 0. The van der Waals surface area contributed by atoms with E-state index < -0.39 is 0 Å². The average molecular weight is 153 g/mol. The van der Waals surface area contributed by atoms with Gasteiger partial charge in [0.2, 0.25) is 0 Å². The molecule has 62 valence electrons. The number of hydrogen-bond acceptors (Lipinski definition) is 2. The summed E-state index contributed by atoms with van der Waals surface area (Å²) in [6.07, 6.45) is 6.63. The van der Waals surface area contributed by atoms with E-state index in [1.807, 2.05) is 6.20 Å². The van der Waals surface area contributed by atoms with Crippen LogP contribution in [0.5, 0.6) is 0 Å². The molecule has 1 unspecified atom stereocenters. The SMILES string of the molecule is CCC(N)CCc1ncc[nH]1. The Labute approximate surface area is 67.0 Å². The number of rotatable bonds is 4. The van der Waals surface area contributed by atoms with Gasteiger partial charge < -0.3 is 10.7 Å². The fourth-order valence-electron chi connectivity index (χ4n) is 0.961. The van der Waals surface area contributed by atoms with Gasteiger partial charge in [0.15, 0.2) is 0 Å². The molecule has 1 atom stereocenters. The van der Waals surface area contributed by atoms with Crippen molar-refractivity contribution in [1.82, 2.24) is 9.97 Å². The minimum absolute atomic E-state index is 0.320. The van der Waals surface area contributed by atoms with Crippen LogP contribution in [0.25, 0.3) is 0 Å². The van der Waals surface area contributed by atoms with Crippen molar-refractivity contribution in [3.05, 3.63) is 18.2 Å². The minimum atomic E-state index is 0.320. The van der Waals surface area contributed by atoms with E-state index >= 15 is 0 Å². The first-order valence-electron chi connectivity index (χ1n) is 4.06. The minimum Gasteiger partial charge on any atom is -0.349 e. The molecular formula is C8H15N3. The van der Waals surface area contributed by atoms with Crippen molar-refractivity contribution in [2.24, 2.45) is 5.73 Å². The Morgan fingerprint density at radius 3 is 3.09 bits per heavy atom. The third-order valence-electron chi connectivity index (χ3n) is 1.83. The third-order valence-corrected chi connectivity index (χ3v) is 1.83. The first-order chi connectivity index (χ1) is 5.33. The molecule has 3 nitrogen and oxygen atoms in total. The van der Waals surface area contributed by atoms with E-state index in [1.54, 1.807) is 6.20 Å². The highest BCUT2D eigenvalue weighted by molar-refractivity contribution is 4.87. The third kappa shape index (κ3) is 2.72. The van der Waals surface area contributed by atoms with Crippen LogP contribution in [-0.2, 0) is 6.42 Å². The highest BCUT2D eigenvalue weighted by Gasteiger charge is 2.00. The predicted molar refractivity (Wildman–Crippen MR) is 45.2 cm³/mol. The Morgan fingerprint density at radius 2 is 2.55 bits per heavy atom. The zero-order valence-electron chi connectivity index (χ0n) is 6.88. The lowest BCUT2D eigenvalue weighted by atomic mass is 10.1. The molecule has 0 aliphatic heterocycles. The Balaban J connectivity index is 2.23. The number of nitrogens with one attached hydrogen (secondary N) is 1. The zero-order valence-corrected chi connectivity index (χ0v) is 6.88. The lowest BCUT2D eigenvalue weighted by Gasteiger charge is -2.05. The number of imidazole rings is 1. The lowest BCUT2D eigenvalue weighted by molar-refractivity contribution is 0.587. The second kappa shape index (κ2) is 4.13. The van der Waals surface area contributed by atoms with Gasteiger partial charge >= 0.3 is 0 Å². The van der Waals surface area contributed by atoms with E-state index in [-0.39, 0.29) is 0 Å². The van der Waals surface area contributed by atoms with Crippen molar-refractivity contribution in [2.75, 3.05) is 0 Å². The fraction of sp³-hybridized carbons (Fsp3) is 0.625. The summed E-state index contributed by atoms with van der Waals surface area (Å²) in [5.74, 6) is 1.04. The zero-order chi connectivity index (χ0) is 8.10. The summed E-state index contributed by atoms with van der Waals surface area (Å²) in [6.45, 7) is 2.10. The van der Waals surface area contributed by atoms with Crippen LogP contribution in [-0.4, -0.2) is 16.0 Å². The first-order valence-corrected chi connectivity index (χ1v) is 4.06. The molecule has 11 heavy (non-hydrogen) atoms. The van der Waals surface area contributed by atoms with E-state index in [4.69, 9.17) is 5.73 Å². The smallest absolute Gasteiger partial charge is 0.106 e. The molecule has 3 heteroatoms. The van der Waals surface area contributed by atoms with Crippen molar-refractivity contribution in [1.29, 1.82) is 0 Å². The van der Waals surface area contributed by atoms with Crippen LogP contribution in [0.1, 0.15) is 25.6 Å². The van der Waals surface area contributed by atoms with Crippen molar-refractivity contribution in [3.63, 3.8) is 0 Å². The standard InChI is InChI=1S/C8H15N3/c1-2-7(9)3-4-8-10-5-6-11-8/h5-7H,2-4,9H2,1H3,(H,10,11). The van der Waals surface area contributed by atoms with Crippen molar-refractivity contribution in [2.45, 2.75) is 32.2 Å². The Hall–Kier alpha value is -0.830. The molecule has 0 aromatic carbocycles. The Kier molecular flexibility index (Phi) is 3.11. The fourth-order valence-corrected chi connectivity index (χ4v) is 0.961. The van der Waals surface area contributed by atoms with Crippen LogP contribution < -0.4 is 5.73 Å². The topological polar surface area (TPSA) is 54.7 Å². The van der Waals surface area contributed by atoms with Crippen molar-refractivity contribution < 1.29 is 0 Å². The van der Waals surface area contributed by atoms with Gasteiger partial charge in [-0.05, 0) is 12.8 Å². The first kappa shape index (κ1) is 8.27. The van der Waals surface area contributed by atoms with Gasteiger partial charge in [0, 0.05) is 24.9 Å². The summed E-state index contributed by atoms with van der Waals surface area (Å²) in [5, 5.41) is 0.